The molecule has 1 aliphatic rings. The molecule has 1 aromatic carbocycles. The lowest BCUT2D eigenvalue weighted by atomic mass is 10.2. The number of amides is 1. The lowest BCUT2D eigenvalue weighted by molar-refractivity contribution is -0.126. The van der Waals surface area contributed by atoms with Gasteiger partial charge in [0.05, 0.1) is 13.7 Å². The molecular weight excluding hydrogens is 268 g/mol. The Morgan fingerprint density at radius 1 is 1.33 bits per heavy atom. The molecule has 1 heterocycles. The van der Waals surface area contributed by atoms with Gasteiger partial charge in [-0.05, 0) is 30.7 Å². The quantitative estimate of drug-likeness (QED) is 0.836. The third-order valence-corrected chi connectivity index (χ3v) is 3.33. The van der Waals surface area contributed by atoms with E-state index in [0.29, 0.717) is 18.1 Å². The highest BCUT2D eigenvalue weighted by Crippen LogP contribution is 2.28. The Kier molecular flexibility index (Phi) is 5.63. The minimum Gasteiger partial charge on any atom is -0.493 e. The number of hydrogen-bond donors (Lipinski definition) is 1. The molecule has 0 atom stereocenters. The van der Waals surface area contributed by atoms with Gasteiger partial charge in [0.25, 0.3) is 0 Å². The average Bonchev–Trinajstić information content (AvgIpc) is 2.54. The lowest BCUT2D eigenvalue weighted by Gasteiger charge is -2.26. The summed E-state index contributed by atoms with van der Waals surface area (Å²) in [5.41, 5.74) is 0.916. The van der Waals surface area contributed by atoms with Crippen LogP contribution in [0.4, 0.5) is 0 Å². The number of rotatable bonds is 5. The molecule has 0 aliphatic carbocycles. The molecule has 0 unspecified atom stereocenters. The first-order valence-corrected chi connectivity index (χ1v) is 7.23. The van der Waals surface area contributed by atoms with E-state index >= 15 is 0 Å². The summed E-state index contributed by atoms with van der Waals surface area (Å²) in [5, 5.41) is 3.23. The second-order valence-corrected chi connectivity index (χ2v) is 4.75. The average molecular weight is 290 g/mol. The van der Waals surface area contributed by atoms with Crippen molar-refractivity contribution in [2.75, 3.05) is 39.9 Å². The Bertz CT molecular complexity index is 508. The summed E-state index contributed by atoms with van der Waals surface area (Å²) < 4.78 is 10.8. The van der Waals surface area contributed by atoms with Crippen molar-refractivity contribution >= 4 is 12.0 Å². The molecular formula is C16H22N2O3. The zero-order valence-corrected chi connectivity index (χ0v) is 12.6. The van der Waals surface area contributed by atoms with Gasteiger partial charge in [-0.15, -0.1) is 0 Å². The number of hydrogen-bond acceptors (Lipinski definition) is 4. The zero-order chi connectivity index (χ0) is 15.1. The molecule has 0 spiro atoms. The number of carbonyl (C=O) groups is 1. The molecule has 0 aromatic heterocycles. The van der Waals surface area contributed by atoms with Crippen LogP contribution in [0, 0.1) is 0 Å². The van der Waals surface area contributed by atoms with E-state index in [1.165, 1.54) is 0 Å². The molecule has 5 heteroatoms. The van der Waals surface area contributed by atoms with Gasteiger partial charge in [-0.3, -0.25) is 4.79 Å². The Labute approximate surface area is 125 Å². The van der Waals surface area contributed by atoms with Crippen molar-refractivity contribution in [3.05, 3.63) is 29.8 Å². The van der Waals surface area contributed by atoms with Crippen LogP contribution in [0.1, 0.15) is 12.5 Å². The van der Waals surface area contributed by atoms with Crippen LogP contribution < -0.4 is 14.8 Å². The van der Waals surface area contributed by atoms with Crippen LogP contribution in [-0.2, 0) is 4.79 Å². The second kappa shape index (κ2) is 7.69. The SMILES string of the molecule is CCOc1ccc(/C=C/C(=O)N2CCNCC2)cc1OC. The molecule has 0 radical (unpaired) electrons. The van der Waals surface area contributed by atoms with E-state index in [2.05, 4.69) is 5.32 Å². The lowest BCUT2D eigenvalue weighted by Crippen LogP contribution is -2.45. The first kappa shape index (κ1) is 15.4. The molecule has 1 N–H and O–H groups in total. The second-order valence-electron chi connectivity index (χ2n) is 4.75. The monoisotopic (exact) mass is 290 g/mol. The maximum absolute atomic E-state index is 12.1. The fourth-order valence-corrected chi connectivity index (χ4v) is 2.22. The van der Waals surface area contributed by atoms with Crippen molar-refractivity contribution in [2.24, 2.45) is 0 Å². The van der Waals surface area contributed by atoms with E-state index in [0.717, 1.165) is 31.7 Å². The Hall–Kier alpha value is -2.01. The zero-order valence-electron chi connectivity index (χ0n) is 12.6. The first-order valence-electron chi connectivity index (χ1n) is 7.23. The third-order valence-electron chi connectivity index (χ3n) is 3.33. The van der Waals surface area contributed by atoms with E-state index in [1.807, 2.05) is 36.1 Å². The molecule has 1 fully saturated rings. The molecule has 1 aromatic rings. The summed E-state index contributed by atoms with van der Waals surface area (Å²) in [6, 6.07) is 5.64. The van der Waals surface area contributed by atoms with Crippen molar-refractivity contribution in [3.63, 3.8) is 0 Å². The topological polar surface area (TPSA) is 50.8 Å². The Morgan fingerprint density at radius 2 is 2.10 bits per heavy atom. The summed E-state index contributed by atoms with van der Waals surface area (Å²) in [6.45, 7) is 5.75. The summed E-state index contributed by atoms with van der Waals surface area (Å²) in [7, 11) is 1.61. The number of nitrogens with one attached hydrogen (secondary N) is 1. The molecule has 0 saturated carbocycles. The molecule has 5 nitrogen and oxygen atoms in total. The third kappa shape index (κ3) is 4.23. The molecule has 0 bridgehead atoms. The number of carbonyl (C=O) groups excluding carboxylic acids is 1. The van der Waals surface area contributed by atoms with Crippen molar-refractivity contribution in [2.45, 2.75) is 6.92 Å². The number of benzene rings is 1. The minimum atomic E-state index is 0.0457. The maximum Gasteiger partial charge on any atom is 0.246 e. The van der Waals surface area contributed by atoms with Crippen LogP contribution in [0.2, 0.25) is 0 Å². The molecule has 2 rings (SSSR count). The van der Waals surface area contributed by atoms with Crippen LogP contribution in [0.25, 0.3) is 6.08 Å². The van der Waals surface area contributed by atoms with Crippen LogP contribution >= 0.6 is 0 Å². The molecule has 1 saturated heterocycles. The standard InChI is InChI=1S/C16H22N2O3/c1-3-21-14-6-4-13(12-15(14)20-2)5-7-16(19)18-10-8-17-9-11-18/h4-7,12,17H,3,8-11H2,1-2H3/b7-5+. The predicted molar refractivity (Wildman–Crippen MR) is 82.6 cm³/mol. The van der Waals surface area contributed by atoms with Gasteiger partial charge in [0, 0.05) is 32.3 Å². The predicted octanol–water partition coefficient (Wildman–Crippen LogP) is 1.54. The van der Waals surface area contributed by atoms with E-state index in [9.17, 15) is 4.79 Å². The fraction of sp³-hybridized carbons (Fsp3) is 0.438. The smallest absolute Gasteiger partial charge is 0.246 e. The molecule has 1 aliphatic heterocycles. The van der Waals surface area contributed by atoms with E-state index in [1.54, 1.807) is 13.2 Å². The molecule has 21 heavy (non-hydrogen) atoms. The summed E-state index contributed by atoms with van der Waals surface area (Å²) in [4.78, 5) is 13.9. The highest BCUT2D eigenvalue weighted by Gasteiger charge is 2.13. The van der Waals surface area contributed by atoms with E-state index < -0.39 is 0 Å². The summed E-state index contributed by atoms with van der Waals surface area (Å²) >= 11 is 0. The van der Waals surface area contributed by atoms with Crippen molar-refractivity contribution < 1.29 is 14.3 Å². The van der Waals surface area contributed by atoms with Crippen molar-refractivity contribution in [1.82, 2.24) is 10.2 Å². The van der Waals surface area contributed by atoms with E-state index in [4.69, 9.17) is 9.47 Å². The van der Waals surface area contributed by atoms with Gasteiger partial charge >= 0.3 is 0 Å². The van der Waals surface area contributed by atoms with Gasteiger partial charge in [0.15, 0.2) is 11.5 Å². The number of piperazine rings is 1. The Morgan fingerprint density at radius 3 is 2.76 bits per heavy atom. The van der Waals surface area contributed by atoms with Gasteiger partial charge in [-0.1, -0.05) is 6.07 Å². The Balaban J connectivity index is 2.04. The van der Waals surface area contributed by atoms with Crippen molar-refractivity contribution in [3.8, 4) is 11.5 Å². The first-order chi connectivity index (χ1) is 10.2. The van der Waals surface area contributed by atoms with Crippen LogP contribution in [-0.4, -0.2) is 50.7 Å². The number of nitrogens with zero attached hydrogens (tertiary/aromatic N) is 1. The number of ether oxygens (including phenoxy) is 2. The normalized spacial score (nSPS) is 15.2. The number of methoxy groups -OCH3 is 1. The molecule has 1 amide bonds. The summed E-state index contributed by atoms with van der Waals surface area (Å²) in [6.07, 6.45) is 3.42. The van der Waals surface area contributed by atoms with Crippen LogP contribution in [0.15, 0.2) is 24.3 Å². The molecule has 114 valence electrons. The summed E-state index contributed by atoms with van der Waals surface area (Å²) in [5.74, 6) is 1.43. The minimum absolute atomic E-state index is 0.0457. The maximum atomic E-state index is 12.1. The van der Waals surface area contributed by atoms with Gasteiger partial charge in [-0.25, -0.2) is 0 Å². The van der Waals surface area contributed by atoms with Crippen LogP contribution in [0.5, 0.6) is 11.5 Å². The van der Waals surface area contributed by atoms with Crippen LogP contribution in [0.3, 0.4) is 0 Å². The highest BCUT2D eigenvalue weighted by atomic mass is 16.5. The largest absolute Gasteiger partial charge is 0.493 e. The van der Waals surface area contributed by atoms with Gasteiger partial charge in [0.2, 0.25) is 5.91 Å². The fourth-order valence-electron chi connectivity index (χ4n) is 2.22. The van der Waals surface area contributed by atoms with Gasteiger partial charge < -0.3 is 19.7 Å². The highest BCUT2D eigenvalue weighted by molar-refractivity contribution is 5.92. The van der Waals surface area contributed by atoms with Gasteiger partial charge in [0.1, 0.15) is 0 Å². The van der Waals surface area contributed by atoms with E-state index in [-0.39, 0.29) is 5.91 Å². The van der Waals surface area contributed by atoms with Gasteiger partial charge in [-0.2, -0.15) is 0 Å². The van der Waals surface area contributed by atoms with Crippen molar-refractivity contribution in [1.29, 1.82) is 0 Å².